The minimum Gasteiger partial charge on any atom is -0.492 e. The number of amides is 1. The third kappa shape index (κ3) is 5.09. The molecule has 9 nitrogen and oxygen atoms in total. The summed E-state index contributed by atoms with van der Waals surface area (Å²) in [5.74, 6) is 0.718. The van der Waals surface area contributed by atoms with Crippen LogP contribution >= 0.6 is 0 Å². The molecule has 2 aromatic rings. The van der Waals surface area contributed by atoms with Crippen LogP contribution in [0.15, 0.2) is 52.3 Å². The summed E-state index contributed by atoms with van der Waals surface area (Å²) in [6.07, 6.45) is 4.26. The predicted molar refractivity (Wildman–Crippen MR) is 130 cm³/mol. The highest BCUT2D eigenvalue weighted by Gasteiger charge is 2.36. The lowest BCUT2D eigenvalue weighted by Crippen LogP contribution is -2.30. The van der Waals surface area contributed by atoms with Gasteiger partial charge in [0.15, 0.2) is 0 Å². The molecule has 0 unspecified atom stereocenters. The van der Waals surface area contributed by atoms with Gasteiger partial charge >= 0.3 is 0 Å². The molecule has 1 amide bonds. The van der Waals surface area contributed by atoms with E-state index in [4.69, 9.17) is 4.74 Å². The third-order valence-corrected chi connectivity index (χ3v) is 10.0. The zero-order valence-corrected chi connectivity index (χ0v) is 21.0. The van der Waals surface area contributed by atoms with Crippen molar-refractivity contribution in [1.29, 1.82) is 0 Å². The molecule has 0 bridgehead atoms. The molecule has 1 saturated carbocycles. The Morgan fingerprint density at radius 2 is 1.63 bits per heavy atom. The van der Waals surface area contributed by atoms with Crippen molar-refractivity contribution in [2.45, 2.75) is 41.9 Å². The number of carbonyl (C=O) groups excluding carboxylic acids is 1. The molecular weight excluding hydrogens is 490 g/mol. The highest BCUT2D eigenvalue weighted by Crippen LogP contribution is 2.37. The van der Waals surface area contributed by atoms with E-state index in [1.807, 2.05) is 0 Å². The van der Waals surface area contributed by atoms with E-state index in [0.29, 0.717) is 31.8 Å². The van der Waals surface area contributed by atoms with E-state index < -0.39 is 20.0 Å². The predicted octanol–water partition coefficient (Wildman–Crippen LogP) is 2.13. The summed E-state index contributed by atoms with van der Waals surface area (Å²) in [6.45, 7) is 1.82. The van der Waals surface area contributed by atoms with Crippen LogP contribution in [0.25, 0.3) is 0 Å². The van der Waals surface area contributed by atoms with Crippen molar-refractivity contribution in [2.75, 3.05) is 37.7 Å². The molecule has 1 N–H and O–H groups in total. The van der Waals surface area contributed by atoms with Crippen molar-refractivity contribution in [1.82, 2.24) is 9.03 Å². The first-order valence-electron chi connectivity index (χ1n) is 11.9. The average Bonchev–Trinajstić information content (AvgIpc) is 3.37. The van der Waals surface area contributed by atoms with Gasteiger partial charge in [-0.15, -0.1) is 0 Å². The van der Waals surface area contributed by atoms with Crippen molar-refractivity contribution >= 4 is 31.6 Å². The van der Waals surface area contributed by atoms with E-state index in [1.165, 1.54) is 22.5 Å². The number of anilines is 1. The Morgan fingerprint density at radius 3 is 2.31 bits per heavy atom. The standard InChI is InChI=1S/C24H29N3O6S2/c28-24(18-3-4-18)27-15-11-19-17-22(9-10-23(19)27)34(29,30)25-12-16-33-20-5-7-21(8-6-20)35(31,32)26-13-1-2-14-26/h5-10,17-18,25H,1-4,11-16H2. The Balaban J connectivity index is 1.14. The number of nitrogens with one attached hydrogen (secondary N) is 1. The number of hydrogen-bond acceptors (Lipinski definition) is 6. The number of rotatable bonds is 9. The van der Waals surface area contributed by atoms with Gasteiger partial charge < -0.3 is 9.64 Å². The van der Waals surface area contributed by atoms with Crippen LogP contribution in [0.3, 0.4) is 0 Å². The van der Waals surface area contributed by atoms with Gasteiger partial charge in [0.25, 0.3) is 0 Å². The molecule has 0 radical (unpaired) electrons. The Morgan fingerprint density at radius 1 is 0.943 bits per heavy atom. The smallest absolute Gasteiger partial charge is 0.243 e. The van der Waals surface area contributed by atoms with E-state index in [2.05, 4.69) is 4.72 Å². The number of ether oxygens (including phenoxy) is 1. The third-order valence-electron chi connectivity index (χ3n) is 6.64. The van der Waals surface area contributed by atoms with Crippen molar-refractivity contribution in [3.05, 3.63) is 48.0 Å². The minimum absolute atomic E-state index is 0.0551. The van der Waals surface area contributed by atoms with E-state index in [-0.39, 0.29) is 34.8 Å². The maximum atomic E-state index is 12.7. The van der Waals surface area contributed by atoms with Crippen LogP contribution in [0, 0.1) is 5.92 Å². The summed E-state index contributed by atoms with van der Waals surface area (Å²) in [5.41, 5.74) is 1.67. The highest BCUT2D eigenvalue weighted by molar-refractivity contribution is 7.89. The Labute approximate surface area is 206 Å². The molecule has 5 rings (SSSR count). The zero-order valence-electron chi connectivity index (χ0n) is 19.4. The first-order valence-corrected chi connectivity index (χ1v) is 14.8. The summed E-state index contributed by atoms with van der Waals surface area (Å²) in [4.78, 5) is 14.6. The molecule has 188 valence electrons. The second-order valence-corrected chi connectivity index (χ2v) is 12.8. The average molecular weight is 520 g/mol. The Kier molecular flexibility index (Phi) is 6.60. The zero-order chi connectivity index (χ0) is 24.6. The molecule has 0 aromatic heterocycles. The van der Waals surface area contributed by atoms with Gasteiger partial charge in [0.2, 0.25) is 26.0 Å². The van der Waals surface area contributed by atoms with Gasteiger partial charge in [0, 0.05) is 37.8 Å². The van der Waals surface area contributed by atoms with Gasteiger partial charge in [0.05, 0.1) is 9.79 Å². The van der Waals surface area contributed by atoms with E-state index in [9.17, 15) is 21.6 Å². The molecular formula is C24H29N3O6S2. The summed E-state index contributed by atoms with van der Waals surface area (Å²) in [6, 6.07) is 11.0. The SMILES string of the molecule is O=C(C1CC1)N1CCc2cc(S(=O)(=O)NCCOc3ccc(S(=O)(=O)N4CCCC4)cc3)ccc21. The topological polar surface area (TPSA) is 113 Å². The normalized spacial score (nSPS) is 18.6. The second-order valence-electron chi connectivity index (χ2n) is 9.13. The van der Waals surface area contributed by atoms with E-state index in [1.54, 1.807) is 29.2 Å². The molecule has 0 atom stereocenters. The van der Waals surface area contributed by atoms with E-state index in [0.717, 1.165) is 36.9 Å². The lowest BCUT2D eigenvalue weighted by atomic mass is 10.2. The van der Waals surface area contributed by atoms with Crippen molar-refractivity contribution in [3.63, 3.8) is 0 Å². The number of hydrogen-bond donors (Lipinski definition) is 1. The van der Waals surface area contributed by atoms with Crippen molar-refractivity contribution < 1.29 is 26.4 Å². The quantitative estimate of drug-likeness (QED) is 0.508. The molecule has 2 fully saturated rings. The van der Waals surface area contributed by atoms with E-state index >= 15 is 0 Å². The molecule has 1 saturated heterocycles. The van der Waals surface area contributed by atoms with Crippen LogP contribution in [-0.4, -0.2) is 59.8 Å². The molecule has 35 heavy (non-hydrogen) atoms. The van der Waals surface area contributed by atoms with Crippen LogP contribution in [0.5, 0.6) is 5.75 Å². The van der Waals surface area contributed by atoms with Gasteiger partial charge in [-0.25, -0.2) is 21.6 Å². The number of benzene rings is 2. The van der Waals surface area contributed by atoms with Crippen molar-refractivity contribution in [3.8, 4) is 5.75 Å². The number of sulfonamides is 2. The molecule has 3 aliphatic rings. The summed E-state index contributed by atoms with van der Waals surface area (Å²) < 4.78 is 60.3. The Bertz CT molecular complexity index is 1320. The van der Waals surface area contributed by atoms with Crippen LogP contribution in [0.4, 0.5) is 5.69 Å². The maximum Gasteiger partial charge on any atom is 0.243 e. The van der Waals surface area contributed by atoms with Gasteiger partial charge in [-0.3, -0.25) is 4.79 Å². The summed E-state index contributed by atoms with van der Waals surface area (Å²) >= 11 is 0. The second kappa shape index (κ2) is 9.53. The Hall–Kier alpha value is -2.47. The molecule has 0 spiro atoms. The molecule has 2 aliphatic heterocycles. The lowest BCUT2D eigenvalue weighted by molar-refractivity contribution is -0.119. The monoisotopic (exact) mass is 519 g/mol. The molecule has 2 aromatic carbocycles. The fraction of sp³-hybridized carbons (Fsp3) is 0.458. The maximum absolute atomic E-state index is 12.7. The summed E-state index contributed by atoms with van der Waals surface area (Å²) in [7, 11) is -7.21. The first-order chi connectivity index (χ1) is 16.8. The van der Waals surface area contributed by atoms with Crippen molar-refractivity contribution in [2.24, 2.45) is 5.92 Å². The van der Waals surface area contributed by atoms with Crippen LogP contribution < -0.4 is 14.4 Å². The lowest BCUT2D eigenvalue weighted by Gasteiger charge is -2.17. The summed E-state index contributed by atoms with van der Waals surface area (Å²) in [5, 5.41) is 0. The van der Waals surface area contributed by atoms with Crippen LogP contribution in [0.1, 0.15) is 31.2 Å². The molecule has 11 heteroatoms. The number of fused-ring (bicyclic) bond motifs is 1. The molecule has 1 aliphatic carbocycles. The van der Waals surface area contributed by atoms with Crippen LogP contribution in [-0.2, 0) is 31.3 Å². The minimum atomic E-state index is -3.73. The molecule has 2 heterocycles. The van der Waals surface area contributed by atoms with Gasteiger partial charge in [0.1, 0.15) is 12.4 Å². The van der Waals surface area contributed by atoms with Crippen LogP contribution in [0.2, 0.25) is 0 Å². The van der Waals surface area contributed by atoms with Gasteiger partial charge in [-0.05, 0) is 80.1 Å². The van der Waals surface area contributed by atoms with Gasteiger partial charge in [-0.1, -0.05) is 0 Å². The van der Waals surface area contributed by atoms with Gasteiger partial charge in [-0.2, -0.15) is 4.31 Å². The number of nitrogens with zero attached hydrogens (tertiary/aromatic N) is 2. The first kappa shape index (κ1) is 24.2. The highest BCUT2D eigenvalue weighted by atomic mass is 32.2. The largest absolute Gasteiger partial charge is 0.492 e. The fourth-order valence-corrected chi connectivity index (χ4v) is 7.12. The number of carbonyl (C=O) groups is 1. The fourth-order valence-electron chi connectivity index (χ4n) is 4.54.